The predicted octanol–water partition coefficient (Wildman–Crippen LogP) is 0.621. The summed E-state index contributed by atoms with van der Waals surface area (Å²) in [5.74, 6) is 0. The first-order valence-corrected chi connectivity index (χ1v) is 6.04. The van der Waals surface area contributed by atoms with E-state index in [1.165, 1.54) is 19.0 Å². The normalized spacial score (nSPS) is 11.2. The van der Waals surface area contributed by atoms with E-state index in [4.69, 9.17) is 0 Å². The highest BCUT2D eigenvalue weighted by molar-refractivity contribution is 6.33. The van der Waals surface area contributed by atoms with Crippen molar-refractivity contribution < 1.29 is 0 Å². The molecule has 0 aliphatic heterocycles. The summed E-state index contributed by atoms with van der Waals surface area (Å²) in [5, 5.41) is 3.31. The molecule has 0 saturated carbocycles. The number of rotatable bonds is 5. The number of hydrogen-bond donors (Lipinski definition) is 1. The Hall–Kier alpha value is 0.177. The van der Waals surface area contributed by atoms with E-state index in [1.54, 1.807) is 0 Å². The minimum atomic E-state index is 0.346. The fourth-order valence-corrected chi connectivity index (χ4v) is 1.43. The minimum absolute atomic E-state index is 0.346. The lowest BCUT2D eigenvalue weighted by atomic mass is 10.5. The molecule has 1 nitrogen and oxygen atoms in total. The molecular formula is C6H17NSi. The molecule has 0 heterocycles. The van der Waals surface area contributed by atoms with Crippen LogP contribution in [0.2, 0.25) is 12.6 Å². The number of nitrogens with one attached hydrogen (secondary N) is 1. The second-order valence-electron chi connectivity index (χ2n) is 2.06. The van der Waals surface area contributed by atoms with Gasteiger partial charge in [0.25, 0.3) is 0 Å². The Labute approximate surface area is 54.7 Å². The Morgan fingerprint density at radius 3 is 2.75 bits per heavy atom. The quantitative estimate of drug-likeness (QED) is 0.426. The lowest BCUT2D eigenvalue weighted by molar-refractivity contribution is 0.702. The Morgan fingerprint density at radius 2 is 2.25 bits per heavy atom. The second kappa shape index (κ2) is 7.18. The first-order valence-electron chi connectivity index (χ1n) is 3.62. The van der Waals surface area contributed by atoms with E-state index in [0.29, 0.717) is 9.52 Å². The van der Waals surface area contributed by atoms with E-state index in [0.717, 1.165) is 6.54 Å². The number of hydrogen-bond acceptors (Lipinski definition) is 1. The fraction of sp³-hybridized carbons (Fsp3) is 1.00. The molecule has 1 N–H and O–H groups in total. The van der Waals surface area contributed by atoms with E-state index in [-0.39, 0.29) is 0 Å². The van der Waals surface area contributed by atoms with Crippen molar-refractivity contribution >= 4 is 9.52 Å². The molecule has 0 aromatic rings. The van der Waals surface area contributed by atoms with Gasteiger partial charge in [-0.25, -0.2) is 0 Å². The van der Waals surface area contributed by atoms with Crippen molar-refractivity contribution in [3.05, 3.63) is 0 Å². The summed E-state index contributed by atoms with van der Waals surface area (Å²) in [6, 6.07) is 1.51. The summed E-state index contributed by atoms with van der Waals surface area (Å²) in [7, 11) is 0.346. The molecule has 0 amide bonds. The molecule has 0 saturated heterocycles. The molecule has 50 valence electrons. The zero-order valence-electron chi connectivity index (χ0n) is 6.04. The zero-order chi connectivity index (χ0) is 6.24. The molecule has 0 spiro atoms. The molecule has 0 aromatic heterocycles. The highest BCUT2D eigenvalue weighted by atomic mass is 28.2. The van der Waals surface area contributed by atoms with Crippen LogP contribution < -0.4 is 5.32 Å². The van der Waals surface area contributed by atoms with Crippen molar-refractivity contribution in [1.29, 1.82) is 0 Å². The average molecular weight is 131 g/mol. The van der Waals surface area contributed by atoms with Crippen LogP contribution in [0, 0.1) is 0 Å². The van der Waals surface area contributed by atoms with E-state index >= 15 is 0 Å². The molecule has 0 rings (SSSR count). The third-order valence-electron chi connectivity index (χ3n) is 1.21. The smallest absolute Gasteiger partial charge is 0.0167 e. The SMILES string of the molecule is CCNCCC[SiH2]C. The van der Waals surface area contributed by atoms with Gasteiger partial charge >= 0.3 is 0 Å². The summed E-state index contributed by atoms with van der Waals surface area (Å²) < 4.78 is 0. The van der Waals surface area contributed by atoms with E-state index in [9.17, 15) is 0 Å². The first kappa shape index (κ1) is 8.18. The summed E-state index contributed by atoms with van der Waals surface area (Å²) in [6.45, 7) is 6.89. The monoisotopic (exact) mass is 131 g/mol. The predicted molar refractivity (Wildman–Crippen MR) is 42.4 cm³/mol. The molecule has 0 unspecified atom stereocenters. The van der Waals surface area contributed by atoms with Gasteiger partial charge in [0.05, 0.1) is 0 Å². The summed E-state index contributed by atoms with van der Waals surface area (Å²) in [4.78, 5) is 0. The van der Waals surface area contributed by atoms with E-state index in [2.05, 4.69) is 18.8 Å². The summed E-state index contributed by atoms with van der Waals surface area (Å²) >= 11 is 0. The maximum Gasteiger partial charge on any atom is 0.0167 e. The molecule has 0 atom stereocenters. The minimum Gasteiger partial charge on any atom is -0.317 e. The zero-order valence-corrected chi connectivity index (χ0v) is 7.45. The van der Waals surface area contributed by atoms with Crippen LogP contribution in [-0.4, -0.2) is 22.6 Å². The highest BCUT2D eigenvalue weighted by Gasteiger charge is 1.82. The van der Waals surface area contributed by atoms with Crippen LogP contribution in [0.5, 0.6) is 0 Å². The van der Waals surface area contributed by atoms with Gasteiger partial charge in [0.15, 0.2) is 0 Å². The molecular weight excluding hydrogens is 114 g/mol. The van der Waals surface area contributed by atoms with Crippen molar-refractivity contribution in [3.63, 3.8) is 0 Å². The first-order chi connectivity index (χ1) is 3.91. The summed E-state index contributed by atoms with van der Waals surface area (Å²) in [5.41, 5.74) is 0. The van der Waals surface area contributed by atoms with Gasteiger partial charge in [-0.2, -0.15) is 0 Å². The molecule has 0 aliphatic rings. The molecule has 8 heavy (non-hydrogen) atoms. The maximum atomic E-state index is 3.31. The highest BCUT2D eigenvalue weighted by Crippen LogP contribution is 1.83. The third-order valence-corrected chi connectivity index (χ3v) is 2.41. The third kappa shape index (κ3) is 6.18. The Kier molecular flexibility index (Phi) is 7.34. The second-order valence-corrected chi connectivity index (χ2v) is 3.77. The van der Waals surface area contributed by atoms with Crippen LogP contribution in [0.15, 0.2) is 0 Å². The topological polar surface area (TPSA) is 12.0 Å². The van der Waals surface area contributed by atoms with Gasteiger partial charge in [-0.05, 0) is 19.5 Å². The molecule has 0 bridgehead atoms. The van der Waals surface area contributed by atoms with Crippen LogP contribution in [0.1, 0.15) is 13.3 Å². The van der Waals surface area contributed by atoms with Crippen molar-refractivity contribution in [1.82, 2.24) is 5.32 Å². The fourth-order valence-electron chi connectivity index (χ4n) is 0.677. The van der Waals surface area contributed by atoms with Gasteiger partial charge in [0.2, 0.25) is 0 Å². The van der Waals surface area contributed by atoms with Gasteiger partial charge in [-0.15, -0.1) is 0 Å². The van der Waals surface area contributed by atoms with Gasteiger partial charge in [0, 0.05) is 9.52 Å². The maximum absolute atomic E-state index is 3.31. The van der Waals surface area contributed by atoms with Crippen LogP contribution >= 0.6 is 0 Å². The molecule has 0 radical (unpaired) electrons. The van der Waals surface area contributed by atoms with Crippen LogP contribution in [0.3, 0.4) is 0 Å². The van der Waals surface area contributed by atoms with Crippen molar-refractivity contribution in [2.45, 2.75) is 25.9 Å². The Morgan fingerprint density at radius 1 is 1.50 bits per heavy atom. The van der Waals surface area contributed by atoms with Crippen molar-refractivity contribution in [2.24, 2.45) is 0 Å². The van der Waals surface area contributed by atoms with Gasteiger partial charge < -0.3 is 5.32 Å². The Balaban J connectivity index is 2.53. The van der Waals surface area contributed by atoms with Crippen molar-refractivity contribution in [3.8, 4) is 0 Å². The summed E-state index contributed by atoms with van der Waals surface area (Å²) in [6.07, 6.45) is 1.40. The lowest BCUT2D eigenvalue weighted by Crippen LogP contribution is -2.13. The standard InChI is InChI=1S/C6H17NSi/c1-3-7-5-4-6-8-2/h7H,3-6,8H2,1-2H3. The molecule has 2 heteroatoms. The lowest BCUT2D eigenvalue weighted by Gasteiger charge is -1.96. The van der Waals surface area contributed by atoms with Crippen LogP contribution in [0.25, 0.3) is 0 Å². The molecule has 0 aromatic carbocycles. The Bertz CT molecular complexity index is 33.5. The van der Waals surface area contributed by atoms with Gasteiger partial charge in [0.1, 0.15) is 0 Å². The van der Waals surface area contributed by atoms with E-state index < -0.39 is 0 Å². The largest absolute Gasteiger partial charge is 0.317 e. The van der Waals surface area contributed by atoms with Crippen molar-refractivity contribution in [2.75, 3.05) is 13.1 Å². The van der Waals surface area contributed by atoms with Crippen LogP contribution in [0.4, 0.5) is 0 Å². The molecule has 0 fully saturated rings. The molecule has 0 aliphatic carbocycles. The average Bonchev–Trinajstić information content (AvgIpc) is 1.81. The van der Waals surface area contributed by atoms with E-state index in [1.807, 2.05) is 0 Å². The van der Waals surface area contributed by atoms with Gasteiger partial charge in [-0.3, -0.25) is 0 Å². The van der Waals surface area contributed by atoms with Crippen LogP contribution in [-0.2, 0) is 0 Å². The van der Waals surface area contributed by atoms with Gasteiger partial charge in [-0.1, -0.05) is 19.5 Å².